The van der Waals surface area contributed by atoms with E-state index in [9.17, 15) is 0 Å². The van der Waals surface area contributed by atoms with Crippen LogP contribution in [0.3, 0.4) is 0 Å². The van der Waals surface area contributed by atoms with E-state index >= 15 is 0 Å². The minimum Gasteiger partial charge on any atom is -0.310 e. The van der Waals surface area contributed by atoms with E-state index in [1.807, 2.05) is 0 Å². The summed E-state index contributed by atoms with van der Waals surface area (Å²) in [5.41, 5.74) is 14.1. The first-order chi connectivity index (χ1) is 28.7. The first-order valence-electron chi connectivity index (χ1n) is 19.9. The van der Waals surface area contributed by atoms with E-state index in [2.05, 4.69) is 240 Å². The molecule has 0 saturated heterocycles. The van der Waals surface area contributed by atoms with E-state index in [0.29, 0.717) is 0 Å². The van der Waals surface area contributed by atoms with Gasteiger partial charge in [0.2, 0.25) is 0 Å². The Bertz CT molecular complexity index is 3250. The van der Waals surface area contributed by atoms with Crippen molar-refractivity contribution < 1.29 is 0 Å². The van der Waals surface area contributed by atoms with Crippen molar-refractivity contribution in [3.8, 4) is 39.1 Å². The van der Waals surface area contributed by atoms with Gasteiger partial charge in [-0.2, -0.15) is 0 Å². The van der Waals surface area contributed by atoms with Gasteiger partial charge in [-0.25, -0.2) is 0 Å². The van der Waals surface area contributed by atoms with Crippen molar-refractivity contribution in [1.82, 2.24) is 4.57 Å². The van der Waals surface area contributed by atoms with Gasteiger partial charge in [0, 0.05) is 38.9 Å². The summed E-state index contributed by atoms with van der Waals surface area (Å²) in [5.74, 6) is 0. The molecule has 0 radical (unpaired) electrons. The third kappa shape index (κ3) is 5.91. The van der Waals surface area contributed by atoms with Gasteiger partial charge < -0.3 is 9.47 Å². The molecule has 58 heavy (non-hydrogen) atoms. The minimum absolute atomic E-state index is 1.10. The highest BCUT2D eigenvalue weighted by Gasteiger charge is 2.17. The fraction of sp³-hybridized carbons (Fsp3) is 0. The van der Waals surface area contributed by atoms with Crippen LogP contribution >= 0.6 is 0 Å². The second-order valence-corrected chi connectivity index (χ2v) is 15.0. The van der Waals surface area contributed by atoms with Gasteiger partial charge >= 0.3 is 0 Å². The first-order valence-corrected chi connectivity index (χ1v) is 19.9. The molecule has 11 aromatic rings. The monoisotopic (exact) mass is 738 g/mol. The van der Waals surface area contributed by atoms with Crippen LogP contribution in [0.2, 0.25) is 0 Å². The van der Waals surface area contributed by atoms with Crippen LogP contribution in [0.15, 0.2) is 231 Å². The van der Waals surface area contributed by atoms with Gasteiger partial charge in [-0.05, 0) is 110 Å². The number of rotatable bonds is 7. The summed E-state index contributed by atoms with van der Waals surface area (Å²) >= 11 is 0. The predicted octanol–water partition coefficient (Wildman–Crippen LogP) is 15.6. The molecule has 0 unspecified atom stereocenters. The van der Waals surface area contributed by atoms with Crippen molar-refractivity contribution in [2.45, 2.75) is 0 Å². The van der Waals surface area contributed by atoms with Crippen LogP contribution in [0.25, 0.3) is 82.4 Å². The van der Waals surface area contributed by atoms with Gasteiger partial charge in [-0.15, -0.1) is 0 Å². The van der Waals surface area contributed by atoms with Gasteiger partial charge in [-0.3, -0.25) is 0 Å². The number of hydrogen-bond donors (Lipinski definition) is 0. The maximum Gasteiger partial charge on any atom is 0.0619 e. The van der Waals surface area contributed by atoms with Crippen molar-refractivity contribution in [1.29, 1.82) is 0 Å². The average Bonchev–Trinajstić information content (AvgIpc) is 3.65. The molecule has 2 heteroatoms. The fourth-order valence-electron chi connectivity index (χ4n) is 8.68. The lowest BCUT2D eigenvalue weighted by Crippen LogP contribution is -2.10. The van der Waals surface area contributed by atoms with Gasteiger partial charge in [0.15, 0.2) is 0 Å². The Hall–Kier alpha value is -7.68. The standard InChI is InChI=1S/C56H38N2/c1-2-11-39(12-3-1)41-23-30-48(31-24-41)57(51-17-10-16-46(38-51)47-22-21-40-13-4-5-15-45(40)37-47)49-32-25-42(26-33-49)43-27-34-50(35-28-43)58-55-20-9-8-19-53(55)54-36-29-44-14-6-7-18-52(44)56(54)58/h1-38H. The molecule has 0 fully saturated rings. The van der Waals surface area contributed by atoms with Crippen LogP contribution < -0.4 is 4.90 Å². The maximum absolute atomic E-state index is 2.42. The normalized spacial score (nSPS) is 11.4. The summed E-state index contributed by atoms with van der Waals surface area (Å²) in [7, 11) is 0. The molecular weight excluding hydrogens is 701 g/mol. The summed E-state index contributed by atoms with van der Waals surface area (Å²) < 4.78 is 2.42. The highest BCUT2D eigenvalue weighted by Crippen LogP contribution is 2.40. The number of aromatic nitrogens is 1. The third-order valence-corrected chi connectivity index (χ3v) is 11.6. The quantitative estimate of drug-likeness (QED) is 0.158. The van der Waals surface area contributed by atoms with Crippen molar-refractivity contribution in [3.63, 3.8) is 0 Å². The molecule has 272 valence electrons. The van der Waals surface area contributed by atoms with Gasteiger partial charge in [-0.1, -0.05) is 170 Å². The Morgan fingerprint density at radius 3 is 1.52 bits per heavy atom. The Balaban J connectivity index is 0.967. The Morgan fingerprint density at radius 1 is 0.276 bits per heavy atom. The van der Waals surface area contributed by atoms with Crippen molar-refractivity contribution >= 4 is 60.4 Å². The maximum atomic E-state index is 2.42. The number of anilines is 3. The molecule has 0 aliphatic rings. The number of benzene rings is 10. The minimum atomic E-state index is 1.10. The topological polar surface area (TPSA) is 8.17 Å². The zero-order chi connectivity index (χ0) is 38.4. The van der Waals surface area contributed by atoms with Crippen LogP contribution in [0.1, 0.15) is 0 Å². The Labute approximate surface area is 338 Å². The van der Waals surface area contributed by atoms with E-state index in [1.165, 1.54) is 76.7 Å². The van der Waals surface area contributed by atoms with Crippen molar-refractivity contribution in [2.24, 2.45) is 0 Å². The van der Waals surface area contributed by atoms with Crippen LogP contribution in [0.4, 0.5) is 17.1 Å². The lowest BCUT2D eigenvalue weighted by Gasteiger charge is -2.26. The summed E-state index contributed by atoms with van der Waals surface area (Å²) in [6, 6.07) is 83.6. The molecule has 0 N–H and O–H groups in total. The largest absolute Gasteiger partial charge is 0.310 e. The highest BCUT2D eigenvalue weighted by molar-refractivity contribution is 6.18. The molecule has 0 spiro atoms. The van der Waals surface area contributed by atoms with Crippen molar-refractivity contribution in [2.75, 3.05) is 4.90 Å². The summed E-state index contributed by atoms with van der Waals surface area (Å²) in [4.78, 5) is 2.36. The van der Waals surface area contributed by atoms with Crippen LogP contribution in [0.5, 0.6) is 0 Å². The average molecular weight is 739 g/mol. The molecule has 0 amide bonds. The first kappa shape index (κ1) is 33.6. The lowest BCUT2D eigenvalue weighted by atomic mass is 10.00. The van der Waals surface area contributed by atoms with Crippen LogP contribution in [-0.4, -0.2) is 4.57 Å². The van der Waals surface area contributed by atoms with E-state index in [-0.39, 0.29) is 0 Å². The molecule has 0 aliphatic carbocycles. The molecule has 0 atom stereocenters. The summed E-state index contributed by atoms with van der Waals surface area (Å²) in [6.45, 7) is 0. The zero-order valence-electron chi connectivity index (χ0n) is 31.8. The second-order valence-electron chi connectivity index (χ2n) is 15.0. The van der Waals surface area contributed by atoms with E-state index in [1.54, 1.807) is 0 Å². The molecule has 10 aromatic carbocycles. The van der Waals surface area contributed by atoms with E-state index < -0.39 is 0 Å². The number of fused-ring (bicyclic) bond motifs is 6. The number of nitrogens with zero attached hydrogens (tertiary/aromatic N) is 2. The van der Waals surface area contributed by atoms with Gasteiger partial charge in [0.25, 0.3) is 0 Å². The van der Waals surface area contributed by atoms with Gasteiger partial charge in [0.1, 0.15) is 0 Å². The molecule has 0 bridgehead atoms. The fourth-order valence-corrected chi connectivity index (χ4v) is 8.68. The van der Waals surface area contributed by atoms with Crippen molar-refractivity contribution in [3.05, 3.63) is 231 Å². The third-order valence-electron chi connectivity index (χ3n) is 11.6. The second kappa shape index (κ2) is 14.1. The summed E-state index contributed by atoms with van der Waals surface area (Å²) in [5, 5.41) is 7.54. The summed E-state index contributed by atoms with van der Waals surface area (Å²) in [6.07, 6.45) is 0. The zero-order valence-corrected chi connectivity index (χ0v) is 31.8. The van der Waals surface area contributed by atoms with E-state index in [4.69, 9.17) is 0 Å². The van der Waals surface area contributed by atoms with Crippen LogP contribution in [0, 0.1) is 0 Å². The molecule has 1 aromatic heterocycles. The highest BCUT2D eigenvalue weighted by atomic mass is 15.1. The van der Waals surface area contributed by atoms with Gasteiger partial charge in [0.05, 0.1) is 11.0 Å². The molecule has 1 heterocycles. The molecule has 2 nitrogen and oxygen atoms in total. The molecular formula is C56H38N2. The van der Waals surface area contributed by atoms with E-state index in [0.717, 1.165) is 22.7 Å². The van der Waals surface area contributed by atoms with Crippen LogP contribution in [-0.2, 0) is 0 Å². The predicted molar refractivity (Wildman–Crippen MR) is 247 cm³/mol. The molecule has 0 aliphatic heterocycles. The molecule has 11 rings (SSSR count). The Kier molecular flexibility index (Phi) is 8.19. The number of hydrogen-bond acceptors (Lipinski definition) is 1. The molecule has 0 saturated carbocycles. The SMILES string of the molecule is c1ccc(-c2ccc(N(c3ccc(-c4ccc(-n5c6ccccc6c6ccc7ccccc7c65)cc4)cc3)c3cccc(-c4ccc5ccccc5c4)c3)cc2)cc1. The Morgan fingerprint density at radius 2 is 0.793 bits per heavy atom. The lowest BCUT2D eigenvalue weighted by molar-refractivity contribution is 1.19. The smallest absolute Gasteiger partial charge is 0.0619 e. The number of para-hydroxylation sites is 1.